The van der Waals surface area contributed by atoms with Crippen LogP contribution in [0.4, 0.5) is 0 Å². The molecule has 54 valence electrons. The van der Waals surface area contributed by atoms with Gasteiger partial charge in [-0.15, -0.1) is 0 Å². The van der Waals surface area contributed by atoms with Gasteiger partial charge in [0.15, 0.2) is 0 Å². The summed E-state index contributed by atoms with van der Waals surface area (Å²) in [4.78, 5) is 0. The SMILES string of the molecule is C=COCC(C)(C)O[SiH3]. The van der Waals surface area contributed by atoms with Crippen molar-refractivity contribution in [3.63, 3.8) is 0 Å². The van der Waals surface area contributed by atoms with Crippen molar-refractivity contribution in [3.8, 4) is 0 Å². The van der Waals surface area contributed by atoms with Crippen molar-refractivity contribution in [2.75, 3.05) is 6.61 Å². The molecule has 9 heavy (non-hydrogen) atoms. The quantitative estimate of drug-likeness (QED) is 0.417. The lowest BCUT2D eigenvalue weighted by molar-refractivity contribution is 0.0409. The Kier molecular flexibility index (Phi) is 3.57. The first-order valence-corrected chi connectivity index (χ1v) is 3.72. The van der Waals surface area contributed by atoms with E-state index in [1.54, 1.807) is 0 Å². The molecule has 0 radical (unpaired) electrons. The average Bonchev–Trinajstić information content (AvgIpc) is 1.84. The van der Waals surface area contributed by atoms with Gasteiger partial charge in [0.2, 0.25) is 0 Å². The van der Waals surface area contributed by atoms with Crippen LogP contribution in [0, 0.1) is 0 Å². The van der Waals surface area contributed by atoms with Gasteiger partial charge in [-0.05, 0) is 13.8 Å². The van der Waals surface area contributed by atoms with E-state index in [2.05, 4.69) is 6.58 Å². The Bertz CT molecular complexity index is 91.1. The van der Waals surface area contributed by atoms with E-state index in [0.29, 0.717) is 6.61 Å². The molecule has 0 fully saturated rings. The zero-order valence-electron chi connectivity index (χ0n) is 6.31. The second kappa shape index (κ2) is 3.69. The van der Waals surface area contributed by atoms with Crippen molar-refractivity contribution in [2.24, 2.45) is 0 Å². The highest BCUT2D eigenvalue weighted by Gasteiger charge is 2.14. The summed E-state index contributed by atoms with van der Waals surface area (Å²) in [5.74, 6) is 0. The van der Waals surface area contributed by atoms with Gasteiger partial charge in [-0.3, -0.25) is 0 Å². The standard InChI is InChI=1S/C6H14O2Si/c1-4-7-5-6(2,3)8-9/h4H,1,5H2,2-3,9H3. The van der Waals surface area contributed by atoms with Crippen molar-refractivity contribution in [1.29, 1.82) is 0 Å². The molecule has 0 amide bonds. The minimum absolute atomic E-state index is 0.138. The molecule has 2 nitrogen and oxygen atoms in total. The van der Waals surface area contributed by atoms with Crippen molar-refractivity contribution < 1.29 is 9.16 Å². The fraction of sp³-hybridized carbons (Fsp3) is 0.667. The molecule has 0 heterocycles. The van der Waals surface area contributed by atoms with Crippen LogP contribution in [0.1, 0.15) is 13.8 Å². The van der Waals surface area contributed by atoms with Crippen LogP contribution in [0.3, 0.4) is 0 Å². The van der Waals surface area contributed by atoms with E-state index in [1.165, 1.54) is 6.26 Å². The summed E-state index contributed by atoms with van der Waals surface area (Å²) < 4.78 is 10.2. The van der Waals surface area contributed by atoms with E-state index < -0.39 is 0 Å². The van der Waals surface area contributed by atoms with Gasteiger partial charge in [0, 0.05) is 0 Å². The molecule has 0 rings (SSSR count). The van der Waals surface area contributed by atoms with Gasteiger partial charge in [-0.25, -0.2) is 0 Å². The van der Waals surface area contributed by atoms with Crippen molar-refractivity contribution in [2.45, 2.75) is 19.4 Å². The summed E-state index contributed by atoms with van der Waals surface area (Å²) in [7, 11) is 0.750. The Morgan fingerprint density at radius 2 is 2.22 bits per heavy atom. The Morgan fingerprint density at radius 1 is 1.67 bits per heavy atom. The zero-order chi connectivity index (χ0) is 7.33. The average molecular weight is 146 g/mol. The lowest BCUT2D eigenvalue weighted by Gasteiger charge is -2.22. The minimum atomic E-state index is -0.138. The molecule has 0 aromatic heterocycles. The smallest absolute Gasteiger partial charge is 0.146 e. The molecule has 0 saturated heterocycles. The molecule has 0 atom stereocenters. The maximum atomic E-state index is 5.21. The van der Waals surface area contributed by atoms with Crippen molar-refractivity contribution >= 4 is 10.5 Å². The Labute approximate surface area is 59.4 Å². The summed E-state index contributed by atoms with van der Waals surface area (Å²) in [5.41, 5.74) is -0.138. The number of hydrogen-bond donors (Lipinski definition) is 0. The van der Waals surface area contributed by atoms with E-state index in [9.17, 15) is 0 Å². The topological polar surface area (TPSA) is 18.5 Å². The molecule has 0 bridgehead atoms. The fourth-order valence-electron chi connectivity index (χ4n) is 0.319. The molecule has 0 aliphatic carbocycles. The maximum absolute atomic E-state index is 5.21. The first-order chi connectivity index (χ1) is 4.12. The molecular weight excluding hydrogens is 132 g/mol. The van der Waals surface area contributed by atoms with Crippen LogP contribution >= 0.6 is 0 Å². The summed E-state index contributed by atoms with van der Waals surface area (Å²) in [6.07, 6.45) is 1.43. The normalized spacial score (nSPS) is 11.3. The number of rotatable bonds is 4. The summed E-state index contributed by atoms with van der Waals surface area (Å²) >= 11 is 0. The van der Waals surface area contributed by atoms with Crippen LogP contribution in [-0.2, 0) is 9.16 Å². The molecule has 0 aromatic carbocycles. The monoisotopic (exact) mass is 146 g/mol. The molecule has 0 saturated carbocycles. The van der Waals surface area contributed by atoms with Gasteiger partial charge in [0.25, 0.3) is 0 Å². The third kappa shape index (κ3) is 4.24. The fourth-order valence-corrected chi connectivity index (χ4v) is 0.436. The molecule has 0 N–H and O–H groups in total. The van der Waals surface area contributed by atoms with E-state index in [-0.39, 0.29) is 5.60 Å². The van der Waals surface area contributed by atoms with Gasteiger partial charge in [0.1, 0.15) is 17.1 Å². The van der Waals surface area contributed by atoms with Crippen LogP contribution in [0.5, 0.6) is 0 Å². The maximum Gasteiger partial charge on any atom is 0.146 e. The molecule has 0 aliphatic rings. The third-order valence-corrected chi connectivity index (χ3v) is 2.21. The van der Waals surface area contributed by atoms with Crippen LogP contribution in [0.2, 0.25) is 0 Å². The number of hydrogen-bond acceptors (Lipinski definition) is 2. The predicted octanol–water partition coefficient (Wildman–Crippen LogP) is 0.222. The van der Waals surface area contributed by atoms with Gasteiger partial charge >= 0.3 is 0 Å². The van der Waals surface area contributed by atoms with E-state index in [0.717, 1.165) is 10.5 Å². The molecule has 0 unspecified atom stereocenters. The Morgan fingerprint density at radius 3 is 2.56 bits per heavy atom. The summed E-state index contributed by atoms with van der Waals surface area (Å²) in [6.45, 7) is 7.99. The van der Waals surface area contributed by atoms with E-state index in [4.69, 9.17) is 9.16 Å². The minimum Gasteiger partial charge on any atom is -0.499 e. The summed E-state index contributed by atoms with van der Waals surface area (Å²) in [5, 5.41) is 0. The Balaban J connectivity index is 3.44. The third-order valence-electron chi connectivity index (χ3n) is 1.10. The van der Waals surface area contributed by atoms with E-state index in [1.807, 2.05) is 13.8 Å². The highest BCUT2D eigenvalue weighted by molar-refractivity contribution is 5.98. The summed E-state index contributed by atoms with van der Waals surface area (Å²) in [6, 6.07) is 0. The first-order valence-electron chi connectivity index (χ1n) is 2.90. The van der Waals surface area contributed by atoms with Crippen LogP contribution in [0.25, 0.3) is 0 Å². The molecule has 0 aliphatic heterocycles. The number of ether oxygens (including phenoxy) is 1. The second-order valence-corrected chi connectivity index (χ2v) is 2.85. The zero-order valence-corrected chi connectivity index (χ0v) is 8.31. The van der Waals surface area contributed by atoms with Crippen LogP contribution < -0.4 is 0 Å². The molecule has 0 aromatic rings. The molecular formula is C6H14O2Si. The van der Waals surface area contributed by atoms with E-state index >= 15 is 0 Å². The van der Waals surface area contributed by atoms with Crippen LogP contribution in [0.15, 0.2) is 12.8 Å². The second-order valence-electron chi connectivity index (χ2n) is 2.44. The highest BCUT2D eigenvalue weighted by atomic mass is 28.2. The van der Waals surface area contributed by atoms with Gasteiger partial charge < -0.3 is 9.16 Å². The van der Waals surface area contributed by atoms with Crippen molar-refractivity contribution in [1.82, 2.24) is 0 Å². The lowest BCUT2D eigenvalue weighted by Crippen LogP contribution is -2.28. The highest BCUT2D eigenvalue weighted by Crippen LogP contribution is 2.06. The molecule has 3 heteroatoms. The lowest BCUT2D eigenvalue weighted by atomic mass is 10.2. The predicted molar refractivity (Wildman–Crippen MR) is 41.3 cm³/mol. The molecule has 0 spiro atoms. The largest absolute Gasteiger partial charge is 0.499 e. The Hall–Kier alpha value is -0.283. The van der Waals surface area contributed by atoms with Gasteiger partial charge in [0.05, 0.1) is 11.9 Å². The van der Waals surface area contributed by atoms with Crippen LogP contribution in [-0.4, -0.2) is 22.7 Å². The van der Waals surface area contributed by atoms with Gasteiger partial charge in [-0.2, -0.15) is 0 Å². The first kappa shape index (κ1) is 8.72. The van der Waals surface area contributed by atoms with Gasteiger partial charge in [-0.1, -0.05) is 6.58 Å². The van der Waals surface area contributed by atoms with Crippen molar-refractivity contribution in [3.05, 3.63) is 12.8 Å².